The number of aromatic nitrogens is 1. The molecule has 1 heterocycles. The van der Waals surface area contributed by atoms with E-state index in [1.165, 1.54) is 6.07 Å². The van der Waals surface area contributed by atoms with E-state index in [0.29, 0.717) is 5.52 Å². The fourth-order valence-corrected chi connectivity index (χ4v) is 1.60. The quantitative estimate of drug-likeness (QED) is 0.768. The molecule has 0 fully saturated rings. The molecule has 0 unspecified atom stereocenters. The lowest BCUT2D eigenvalue weighted by Gasteiger charge is -1.96. The van der Waals surface area contributed by atoms with Gasteiger partial charge in [0.05, 0.1) is 0 Å². The Morgan fingerprint density at radius 1 is 1.31 bits per heavy atom. The predicted molar refractivity (Wildman–Crippen MR) is 55.3 cm³/mol. The van der Waals surface area contributed by atoms with Crippen LogP contribution in [0.2, 0.25) is 0 Å². The van der Waals surface area contributed by atoms with Gasteiger partial charge >= 0.3 is 16.4 Å². The SMILES string of the molecule is O=C(OS(=O)(=O)O)c1cc2ccccc2[nH]1. The summed E-state index contributed by atoms with van der Waals surface area (Å²) in [5.41, 5.74) is 0.628. The van der Waals surface area contributed by atoms with Crippen LogP contribution in [0.4, 0.5) is 0 Å². The molecule has 84 valence electrons. The summed E-state index contributed by atoms with van der Waals surface area (Å²) in [6.45, 7) is 0. The summed E-state index contributed by atoms with van der Waals surface area (Å²) in [5, 5.41) is 0.741. The van der Waals surface area contributed by atoms with Crippen LogP contribution in [0, 0.1) is 0 Å². The van der Waals surface area contributed by atoms with Crippen molar-refractivity contribution in [3.8, 4) is 0 Å². The number of carbonyl (C=O) groups is 1. The summed E-state index contributed by atoms with van der Waals surface area (Å²) in [4.78, 5) is 13.9. The molecular formula is C9H7NO5S. The van der Waals surface area contributed by atoms with E-state index in [2.05, 4.69) is 9.17 Å². The minimum absolute atomic E-state index is 0.0428. The maximum atomic E-state index is 11.2. The van der Waals surface area contributed by atoms with E-state index in [1.807, 2.05) is 0 Å². The second kappa shape index (κ2) is 3.62. The van der Waals surface area contributed by atoms with E-state index in [9.17, 15) is 13.2 Å². The number of rotatable bonds is 2. The zero-order valence-corrected chi connectivity index (χ0v) is 8.69. The zero-order valence-electron chi connectivity index (χ0n) is 7.88. The first kappa shape index (κ1) is 10.7. The lowest BCUT2D eigenvalue weighted by atomic mass is 10.2. The monoisotopic (exact) mass is 241 g/mol. The van der Waals surface area contributed by atoms with E-state index >= 15 is 0 Å². The molecule has 1 aromatic carbocycles. The van der Waals surface area contributed by atoms with Gasteiger partial charge in [-0.25, -0.2) is 4.79 Å². The Hall–Kier alpha value is -1.86. The van der Waals surface area contributed by atoms with Crippen LogP contribution in [0.25, 0.3) is 10.9 Å². The maximum Gasteiger partial charge on any atom is 0.449 e. The molecule has 0 atom stereocenters. The van der Waals surface area contributed by atoms with E-state index in [0.717, 1.165) is 5.39 Å². The van der Waals surface area contributed by atoms with Gasteiger partial charge in [0.1, 0.15) is 5.69 Å². The molecule has 0 aliphatic carbocycles. The van der Waals surface area contributed by atoms with Crippen molar-refractivity contribution >= 4 is 27.3 Å². The first-order valence-electron chi connectivity index (χ1n) is 4.25. The van der Waals surface area contributed by atoms with E-state index < -0.39 is 16.4 Å². The summed E-state index contributed by atoms with van der Waals surface area (Å²) in [5.74, 6) is -1.15. The third-order valence-electron chi connectivity index (χ3n) is 1.93. The van der Waals surface area contributed by atoms with Crippen molar-refractivity contribution < 1.29 is 21.9 Å². The molecule has 2 rings (SSSR count). The fraction of sp³-hybridized carbons (Fsp3) is 0. The van der Waals surface area contributed by atoms with Crippen molar-refractivity contribution in [2.75, 3.05) is 0 Å². The number of para-hydroxylation sites is 1. The van der Waals surface area contributed by atoms with E-state index in [1.54, 1.807) is 24.3 Å². The Bertz CT molecular complexity index is 610. The van der Waals surface area contributed by atoms with Crippen molar-refractivity contribution in [1.82, 2.24) is 4.98 Å². The Kier molecular flexibility index (Phi) is 2.41. The van der Waals surface area contributed by atoms with Crippen molar-refractivity contribution in [1.29, 1.82) is 0 Å². The van der Waals surface area contributed by atoms with Crippen molar-refractivity contribution in [2.24, 2.45) is 0 Å². The van der Waals surface area contributed by atoms with Crippen LogP contribution in [0.15, 0.2) is 30.3 Å². The number of nitrogens with one attached hydrogen (secondary N) is 1. The summed E-state index contributed by atoms with van der Waals surface area (Å²) in [6.07, 6.45) is 0. The van der Waals surface area contributed by atoms with Crippen LogP contribution in [0.1, 0.15) is 10.5 Å². The second-order valence-corrected chi connectivity index (χ2v) is 4.09. The number of H-pyrrole nitrogens is 1. The molecule has 2 aromatic rings. The van der Waals surface area contributed by atoms with Gasteiger partial charge in [-0.1, -0.05) is 18.2 Å². The molecule has 0 spiro atoms. The summed E-state index contributed by atoms with van der Waals surface area (Å²) >= 11 is 0. The standard InChI is InChI=1S/C9H7NO5S/c11-9(15-16(12,13)14)8-5-6-3-1-2-4-7(6)10-8/h1-5,10H,(H,12,13,14). The fourth-order valence-electron chi connectivity index (χ4n) is 1.32. The van der Waals surface area contributed by atoms with Gasteiger partial charge in [0.2, 0.25) is 0 Å². The molecule has 1 aromatic heterocycles. The topological polar surface area (TPSA) is 96.5 Å². The molecule has 2 N–H and O–H groups in total. The third-order valence-corrected chi connectivity index (χ3v) is 2.29. The van der Waals surface area contributed by atoms with Crippen LogP contribution >= 0.6 is 0 Å². The summed E-state index contributed by atoms with van der Waals surface area (Å²) in [7, 11) is -4.78. The van der Waals surface area contributed by atoms with Crippen molar-refractivity contribution in [3.05, 3.63) is 36.0 Å². The molecule has 7 heteroatoms. The average Bonchev–Trinajstić information content (AvgIpc) is 2.58. The molecular weight excluding hydrogens is 234 g/mol. The number of benzene rings is 1. The minimum Gasteiger partial charge on any atom is -0.349 e. The highest BCUT2D eigenvalue weighted by atomic mass is 32.3. The third kappa shape index (κ3) is 2.20. The summed E-state index contributed by atoms with van der Waals surface area (Å²) < 4.78 is 32.8. The second-order valence-electron chi connectivity index (χ2n) is 3.07. The lowest BCUT2D eigenvalue weighted by Crippen LogP contribution is -2.12. The Labute approximate surface area is 90.8 Å². The molecule has 0 aliphatic rings. The first-order chi connectivity index (χ1) is 7.46. The Morgan fingerprint density at radius 2 is 2.00 bits per heavy atom. The highest BCUT2D eigenvalue weighted by Crippen LogP contribution is 2.15. The zero-order chi connectivity index (χ0) is 11.8. The van der Waals surface area contributed by atoms with Gasteiger partial charge in [-0.2, -0.15) is 8.42 Å². The molecule has 0 aliphatic heterocycles. The van der Waals surface area contributed by atoms with E-state index in [-0.39, 0.29) is 5.69 Å². The van der Waals surface area contributed by atoms with Gasteiger partial charge in [-0.15, -0.1) is 0 Å². The van der Waals surface area contributed by atoms with Gasteiger partial charge in [0.15, 0.2) is 0 Å². The van der Waals surface area contributed by atoms with Crippen LogP contribution in [-0.2, 0) is 14.6 Å². The number of carbonyl (C=O) groups excluding carboxylic acids is 1. The first-order valence-corrected chi connectivity index (χ1v) is 5.61. The average molecular weight is 241 g/mol. The number of hydrogen-bond acceptors (Lipinski definition) is 4. The number of fused-ring (bicyclic) bond motifs is 1. The summed E-state index contributed by atoms with van der Waals surface area (Å²) in [6, 6.07) is 8.43. The van der Waals surface area contributed by atoms with Crippen LogP contribution < -0.4 is 0 Å². The van der Waals surface area contributed by atoms with Gasteiger partial charge < -0.3 is 9.17 Å². The highest BCUT2D eigenvalue weighted by molar-refractivity contribution is 7.81. The number of hydrogen-bond donors (Lipinski definition) is 2. The Morgan fingerprint density at radius 3 is 2.62 bits per heavy atom. The van der Waals surface area contributed by atoms with Crippen LogP contribution in [-0.4, -0.2) is 23.9 Å². The molecule has 0 saturated heterocycles. The number of aromatic amines is 1. The maximum absolute atomic E-state index is 11.2. The van der Waals surface area contributed by atoms with E-state index in [4.69, 9.17) is 4.55 Å². The van der Waals surface area contributed by atoms with Gasteiger partial charge in [0, 0.05) is 10.9 Å². The predicted octanol–water partition coefficient (Wildman–Crippen LogP) is 1.13. The van der Waals surface area contributed by atoms with Gasteiger partial charge in [-0.05, 0) is 12.1 Å². The van der Waals surface area contributed by atoms with Gasteiger partial charge in [-0.3, -0.25) is 4.55 Å². The minimum atomic E-state index is -4.78. The Balaban J connectivity index is 2.37. The smallest absolute Gasteiger partial charge is 0.349 e. The molecule has 0 bridgehead atoms. The van der Waals surface area contributed by atoms with Crippen LogP contribution in [0.5, 0.6) is 0 Å². The largest absolute Gasteiger partial charge is 0.449 e. The van der Waals surface area contributed by atoms with Crippen molar-refractivity contribution in [2.45, 2.75) is 0 Å². The normalized spacial score (nSPS) is 11.6. The molecule has 16 heavy (non-hydrogen) atoms. The highest BCUT2D eigenvalue weighted by Gasteiger charge is 2.17. The lowest BCUT2D eigenvalue weighted by molar-refractivity contribution is 0.0722. The van der Waals surface area contributed by atoms with Crippen LogP contribution in [0.3, 0.4) is 0 Å². The molecule has 6 nitrogen and oxygen atoms in total. The molecule has 0 radical (unpaired) electrons. The molecule has 0 saturated carbocycles. The van der Waals surface area contributed by atoms with Gasteiger partial charge in [0.25, 0.3) is 0 Å². The van der Waals surface area contributed by atoms with Crippen molar-refractivity contribution in [3.63, 3.8) is 0 Å². The molecule has 0 amide bonds.